The Morgan fingerprint density at radius 1 is 1.36 bits per heavy atom. The Labute approximate surface area is 81.1 Å². The van der Waals surface area contributed by atoms with Gasteiger partial charge in [0, 0.05) is 6.20 Å². The molecule has 0 aliphatic rings. The van der Waals surface area contributed by atoms with Gasteiger partial charge in [-0.25, -0.2) is 4.98 Å². The van der Waals surface area contributed by atoms with Crippen LogP contribution in [-0.2, 0) is 6.61 Å². The first-order valence-electron chi connectivity index (χ1n) is 4.24. The average molecular weight is 190 g/mol. The van der Waals surface area contributed by atoms with Gasteiger partial charge in [0.15, 0.2) is 5.82 Å². The third kappa shape index (κ3) is 1.62. The number of aliphatic hydroxyl groups is 1. The van der Waals surface area contributed by atoms with Crippen LogP contribution in [0.4, 0.5) is 0 Å². The van der Waals surface area contributed by atoms with Crippen LogP contribution >= 0.6 is 0 Å². The highest BCUT2D eigenvalue weighted by molar-refractivity contribution is 5.22. The number of hydrogen-bond acceptors (Lipinski definition) is 4. The van der Waals surface area contributed by atoms with Crippen LogP contribution in [0, 0.1) is 6.92 Å². The summed E-state index contributed by atoms with van der Waals surface area (Å²) in [6.45, 7) is 1.82. The van der Waals surface area contributed by atoms with Crippen LogP contribution in [0.15, 0.2) is 24.7 Å². The van der Waals surface area contributed by atoms with E-state index in [0.717, 1.165) is 5.69 Å². The second-order valence-electron chi connectivity index (χ2n) is 2.96. The predicted octanol–water partition coefficient (Wildman–Crippen LogP) is 0.463. The summed E-state index contributed by atoms with van der Waals surface area (Å²) in [5.41, 5.74) is 1.49. The average Bonchev–Trinajstić information content (AvgIpc) is 2.65. The molecule has 5 nitrogen and oxygen atoms in total. The maximum absolute atomic E-state index is 8.78. The van der Waals surface area contributed by atoms with E-state index in [1.807, 2.05) is 13.1 Å². The Hall–Kier alpha value is -1.75. The smallest absolute Gasteiger partial charge is 0.160 e. The second-order valence-corrected chi connectivity index (χ2v) is 2.96. The minimum absolute atomic E-state index is 0.0871. The minimum Gasteiger partial charge on any atom is -0.390 e. The first-order valence-corrected chi connectivity index (χ1v) is 4.24. The lowest BCUT2D eigenvalue weighted by molar-refractivity contribution is 0.275. The summed E-state index contributed by atoms with van der Waals surface area (Å²) in [5, 5.41) is 16.6. The zero-order chi connectivity index (χ0) is 9.97. The number of imidazole rings is 1. The van der Waals surface area contributed by atoms with Crippen LogP contribution in [0.2, 0.25) is 0 Å². The molecule has 1 N–H and O–H groups in total. The van der Waals surface area contributed by atoms with Gasteiger partial charge in [-0.3, -0.25) is 4.57 Å². The van der Waals surface area contributed by atoms with Crippen molar-refractivity contribution in [2.75, 3.05) is 0 Å². The fraction of sp³-hybridized carbons (Fsp3) is 0.222. The van der Waals surface area contributed by atoms with Crippen LogP contribution in [0.1, 0.15) is 11.4 Å². The Morgan fingerprint density at radius 3 is 2.71 bits per heavy atom. The van der Waals surface area contributed by atoms with Crippen LogP contribution in [0.5, 0.6) is 0 Å². The molecule has 14 heavy (non-hydrogen) atoms. The third-order valence-corrected chi connectivity index (χ3v) is 1.84. The minimum atomic E-state index is -0.0871. The molecule has 0 fully saturated rings. The van der Waals surface area contributed by atoms with E-state index in [4.69, 9.17) is 5.11 Å². The van der Waals surface area contributed by atoms with Crippen molar-refractivity contribution >= 4 is 0 Å². The highest BCUT2D eigenvalue weighted by Gasteiger charge is 1.99. The van der Waals surface area contributed by atoms with Gasteiger partial charge >= 0.3 is 0 Å². The molecule has 0 spiro atoms. The normalized spacial score (nSPS) is 10.4. The molecule has 5 heteroatoms. The van der Waals surface area contributed by atoms with E-state index in [9.17, 15) is 0 Å². The van der Waals surface area contributed by atoms with Crippen LogP contribution in [-0.4, -0.2) is 24.9 Å². The van der Waals surface area contributed by atoms with Gasteiger partial charge in [-0.2, -0.15) is 5.10 Å². The van der Waals surface area contributed by atoms with E-state index in [1.54, 1.807) is 23.0 Å². The van der Waals surface area contributed by atoms with Crippen LogP contribution < -0.4 is 0 Å². The SMILES string of the molecule is Cc1cn(-c2ccc(CO)nn2)cn1. The zero-order valence-corrected chi connectivity index (χ0v) is 7.75. The maximum Gasteiger partial charge on any atom is 0.160 e. The zero-order valence-electron chi connectivity index (χ0n) is 7.75. The molecule has 2 heterocycles. The summed E-state index contributed by atoms with van der Waals surface area (Å²) in [4.78, 5) is 4.08. The van der Waals surface area contributed by atoms with Crippen molar-refractivity contribution < 1.29 is 5.11 Å². The van der Waals surface area contributed by atoms with E-state index < -0.39 is 0 Å². The summed E-state index contributed by atoms with van der Waals surface area (Å²) in [5.74, 6) is 0.697. The highest BCUT2D eigenvalue weighted by Crippen LogP contribution is 2.04. The van der Waals surface area contributed by atoms with Gasteiger partial charge in [-0.15, -0.1) is 5.10 Å². The highest BCUT2D eigenvalue weighted by atomic mass is 16.3. The fourth-order valence-electron chi connectivity index (χ4n) is 1.12. The first-order chi connectivity index (χ1) is 6.79. The Kier molecular flexibility index (Phi) is 2.24. The molecule has 0 aliphatic heterocycles. The van der Waals surface area contributed by atoms with E-state index >= 15 is 0 Å². The number of aliphatic hydroxyl groups excluding tert-OH is 1. The monoisotopic (exact) mass is 190 g/mol. The van der Waals surface area contributed by atoms with Gasteiger partial charge in [0.25, 0.3) is 0 Å². The van der Waals surface area contributed by atoms with Crippen molar-refractivity contribution in [2.24, 2.45) is 0 Å². The molecule has 0 saturated heterocycles. The fourth-order valence-corrected chi connectivity index (χ4v) is 1.12. The van der Waals surface area contributed by atoms with Crippen molar-refractivity contribution in [1.29, 1.82) is 0 Å². The van der Waals surface area contributed by atoms with E-state index in [-0.39, 0.29) is 6.61 Å². The molecule has 72 valence electrons. The lowest BCUT2D eigenvalue weighted by Gasteiger charge is -1.99. The number of rotatable bonds is 2. The molecule has 0 atom stereocenters. The quantitative estimate of drug-likeness (QED) is 0.747. The van der Waals surface area contributed by atoms with Crippen LogP contribution in [0.25, 0.3) is 5.82 Å². The van der Waals surface area contributed by atoms with Gasteiger partial charge < -0.3 is 5.11 Å². The number of nitrogens with zero attached hydrogens (tertiary/aromatic N) is 4. The van der Waals surface area contributed by atoms with Gasteiger partial charge in [-0.05, 0) is 19.1 Å². The van der Waals surface area contributed by atoms with E-state index in [1.165, 1.54) is 0 Å². The number of hydrogen-bond donors (Lipinski definition) is 1. The molecule has 0 aromatic carbocycles. The predicted molar refractivity (Wildman–Crippen MR) is 49.8 cm³/mol. The standard InChI is InChI=1S/C9H10N4O/c1-7-4-13(6-10-7)9-3-2-8(5-14)11-12-9/h2-4,6,14H,5H2,1H3. The first kappa shape index (κ1) is 8.83. The molecule has 0 bridgehead atoms. The van der Waals surface area contributed by atoms with Gasteiger partial charge in [0.1, 0.15) is 6.33 Å². The molecular weight excluding hydrogens is 180 g/mol. The summed E-state index contributed by atoms with van der Waals surface area (Å²) in [6, 6.07) is 3.53. The molecular formula is C9H10N4O. The summed E-state index contributed by atoms with van der Waals surface area (Å²) in [6.07, 6.45) is 3.54. The largest absolute Gasteiger partial charge is 0.390 e. The van der Waals surface area contributed by atoms with Crippen molar-refractivity contribution in [1.82, 2.24) is 19.7 Å². The van der Waals surface area contributed by atoms with Crippen LogP contribution in [0.3, 0.4) is 0 Å². The molecule has 2 aromatic heterocycles. The number of aryl methyl sites for hydroxylation is 1. The molecule has 0 aliphatic carbocycles. The summed E-state index contributed by atoms with van der Waals surface area (Å²) in [7, 11) is 0. The molecule has 2 aromatic rings. The van der Waals surface area contributed by atoms with Crippen molar-refractivity contribution in [3.05, 3.63) is 36.0 Å². The van der Waals surface area contributed by atoms with Crippen molar-refractivity contribution in [3.8, 4) is 5.82 Å². The Morgan fingerprint density at radius 2 is 2.21 bits per heavy atom. The van der Waals surface area contributed by atoms with Gasteiger partial charge in [0.2, 0.25) is 0 Å². The molecule has 0 radical (unpaired) electrons. The summed E-state index contributed by atoms with van der Waals surface area (Å²) < 4.78 is 1.78. The van der Waals surface area contributed by atoms with Gasteiger partial charge in [0.05, 0.1) is 18.0 Å². The number of aromatic nitrogens is 4. The van der Waals surface area contributed by atoms with E-state index in [0.29, 0.717) is 11.5 Å². The molecule has 2 rings (SSSR count). The topological polar surface area (TPSA) is 63.8 Å². The summed E-state index contributed by atoms with van der Waals surface area (Å²) >= 11 is 0. The molecule has 0 amide bonds. The van der Waals surface area contributed by atoms with Crippen molar-refractivity contribution in [2.45, 2.75) is 13.5 Å². The Bertz CT molecular complexity index is 421. The Balaban J connectivity index is 2.33. The third-order valence-electron chi connectivity index (χ3n) is 1.84. The second kappa shape index (κ2) is 3.55. The van der Waals surface area contributed by atoms with E-state index in [2.05, 4.69) is 15.2 Å². The lowest BCUT2D eigenvalue weighted by atomic mass is 10.4. The lowest BCUT2D eigenvalue weighted by Crippen LogP contribution is -1.99. The van der Waals surface area contributed by atoms with Gasteiger partial charge in [-0.1, -0.05) is 0 Å². The molecule has 0 unspecified atom stereocenters. The van der Waals surface area contributed by atoms with Crippen molar-refractivity contribution in [3.63, 3.8) is 0 Å². The molecule has 0 saturated carbocycles. The maximum atomic E-state index is 8.78.